The van der Waals surface area contributed by atoms with E-state index in [0.717, 1.165) is 11.1 Å². The van der Waals surface area contributed by atoms with Gasteiger partial charge in [-0.3, -0.25) is 0 Å². The second-order valence-electron chi connectivity index (χ2n) is 2.68. The fraction of sp³-hybridized carbons (Fsp3) is 0.250. The number of hydrogen-bond acceptors (Lipinski definition) is 2. The lowest BCUT2D eigenvalue weighted by Gasteiger charge is -2.01. The molecule has 1 aromatic carbocycles. The molecule has 0 heterocycles. The van der Waals surface area contributed by atoms with Gasteiger partial charge in [-0.1, -0.05) is 6.07 Å². The summed E-state index contributed by atoms with van der Waals surface area (Å²) >= 11 is 2.62. The molecule has 0 fully saturated rings. The first-order valence-corrected chi connectivity index (χ1v) is 6.76. The number of benzene rings is 1. The highest BCUT2D eigenvalue weighted by Gasteiger charge is 2.08. The van der Waals surface area contributed by atoms with E-state index in [1.165, 1.54) is 0 Å². The lowest BCUT2D eigenvalue weighted by Crippen LogP contribution is -1.91. The summed E-state index contributed by atoms with van der Waals surface area (Å²) in [6, 6.07) is 5.04. The topological polar surface area (TPSA) is 34.1 Å². The number of rotatable bonds is 1. The highest BCUT2D eigenvalue weighted by Crippen LogP contribution is 2.19. The SMILES string of the molecule is Cc1ccc(S(=O)(=O)Br)cc1C. The Labute approximate surface area is 79.7 Å². The molecule has 1 aromatic rings. The van der Waals surface area contributed by atoms with Gasteiger partial charge in [0.1, 0.15) is 0 Å². The minimum absolute atomic E-state index is 0.311. The van der Waals surface area contributed by atoms with Crippen molar-refractivity contribution < 1.29 is 8.42 Å². The normalized spacial score (nSPS) is 11.6. The number of aryl methyl sites for hydroxylation is 2. The van der Waals surface area contributed by atoms with Gasteiger partial charge in [-0.05, 0) is 37.1 Å². The minimum Gasteiger partial charge on any atom is -0.212 e. The Hall–Kier alpha value is -0.350. The summed E-state index contributed by atoms with van der Waals surface area (Å²) in [4.78, 5) is 0.311. The van der Waals surface area contributed by atoms with Gasteiger partial charge in [-0.25, -0.2) is 8.42 Å². The maximum Gasteiger partial charge on any atom is 0.237 e. The molecule has 66 valence electrons. The van der Waals surface area contributed by atoms with E-state index in [1.54, 1.807) is 18.2 Å². The van der Waals surface area contributed by atoms with Crippen LogP contribution in [0.3, 0.4) is 0 Å². The van der Waals surface area contributed by atoms with Crippen molar-refractivity contribution in [2.75, 3.05) is 0 Å². The Morgan fingerprint density at radius 2 is 1.75 bits per heavy atom. The zero-order valence-electron chi connectivity index (χ0n) is 6.83. The highest BCUT2D eigenvalue weighted by molar-refractivity contribution is 9.47. The second kappa shape index (κ2) is 3.18. The first-order chi connectivity index (χ1) is 5.41. The Morgan fingerprint density at radius 3 is 2.17 bits per heavy atom. The first kappa shape index (κ1) is 9.74. The van der Waals surface area contributed by atoms with E-state index in [2.05, 4.69) is 14.8 Å². The van der Waals surface area contributed by atoms with Crippen molar-refractivity contribution in [1.29, 1.82) is 0 Å². The van der Waals surface area contributed by atoms with Gasteiger partial charge in [0.25, 0.3) is 0 Å². The Balaban J connectivity index is 3.33. The van der Waals surface area contributed by atoms with Gasteiger partial charge in [0.2, 0.25) is 8.27 Å². The quantitative estimate of drug-likeness (QED) is 0.716. The largest absolute Gasteiger partial charge is 0.237 e. The van der Waals surface area contributed by atoms with Gasteiger partial charge in [-0.2, -0.15) is 0 Å². The van der Waals surface area contributed by atoms with E-state index in [4.69, 9.17) is 0 Å². The molecule has 0 unspecified atom stereocenters. The molecule has 0 aromatic heterocycles. The summed E-state index contributed by atoms with van der Waals surface area (Å²) in [5.41, 5.74) is 2.07. The zero-order valence-corrected chi connectivity index (χ0v) is 9.24. The molecule has 0 saturated carbocycles. The van der Waals surface area contributed by atoms with Gasteiger partial charge >= 0.3 is 0 Å². The third-order valence-electron chi connectivity index (χ3n) is 1.76. The average molecular weight is 249 g/mol. The van der Waals surface area contributed by atoms with Crippen LogP contribution in [-0.4, -0.2) is 8.42 Å². The van der Waals surface area contributed by atoms with Crippen LogP contribution >= 0.6 is 14.8 Å². The standard InChI is InChI=1S/C8H9BrO2S/c1-6-3-4-8(5-7(6)2)12(9,10)11/h3-5H,1-2H3. The molecule has 0 radical (unpaired) electrons. The van der Waals surface area contributed by atoms with Crippen LogP contribution in [0.2, 0.25) is 0 Å². The van der Waals surface area contributed by atoms with Crippen LogP contribution in [0.25, 0.3) is 0 Å². The van der Waals surface area contributed by atoms with Gasteiger partial charge in [0.15, 0.2) is 0 Å². The molecular weight excluding hydrogens is 240 g/mol. The van der Waals surface area contributed by atoms with E-state index in [9.17, 15) is 8.42 Å². The van der Waals surface area contributed by atoms with Gasteiger partial charge in [0, 0.05) is 0 Å². The van der Waals surface area contributed by atoms with Crippen molar-refractivity contribution in [2.45, 2.75) is 18.7 Å². The summed E-state index contributed by atoms with van der Waals surface area (Å²) in [5.74, 6) is 0. The van der Waals surface area contributed by atoms with Crippen LogP contribution in [0, 0.1) is 13.8 Å². The van der Waals surface area contributed by atoms with Gasteiger partial charge < -0.3 is 0 Å². The molecule has 0 amide bonds. The molecular formula is C8H9BrO2S. The fourth-order valence-corrected chi connectivity index (χ4v) is 2.02. The van der Waals surface area contributed by atoms with Crippen molar-refractivity contribution >= 4 is 23.1 Å². The van der Waals surface area contributed by atoms with Gasteiger partial charge in [-0.15, -0.1) is 0 Å². The second-order valence-corrected chi connectivity index (χ2v) is 6.59. The molecule has 0 aliphatic carbocycles. The van der Waals surface area contributed by atoms with Crippen molar-refractivity contribution in [2.24, 2.45) is 0 Å². The van der Waals surface area contributed by atoms with Crippen LogP contribution in [0.5, 0.6) is 0 Å². The van der Waals surface area contributed by atoms with Crippen LogP contribution in [0.1, 0.15) is 11.1 Å². The molecule has 4 heteroatoms. The maximum absolute atomic E-state index is 11.0. The van der Waals surface area contributed by atoms with Crippen molar-refractivity contribution in [3.8, 4) is 0 Å². The summed E-state index contributed by atoms with van der Waals surface area (Å²) in [6.07, 6.45) is 0. The molecule has 1 rings (SSSR count). The molecule has 0 aliphatic heterocycles. The molecule has 0 spiro atoms. The Morgan fingerprint density at radius 1 is 1.17 bits per heavy atom. The van der Waals surface area contributed by atoms with E-state index >= 15 is 0 Å². The van der Waals surface area contributed by atoms with Crippen molar-refractivity contribution in [3.63, 3.8) is 0 Å². The predicted octanol–water partition coefficient (Wildman–Crippen LogP) is 2.39. The van der Waals surface area contributed by atoms with Crippen molar-refractivity contribution in [3.05, 3.63) is 29.3 Å². The van der Waals surface area contributed by atoms with E-state index < -0.39 is 8.27 Å². The Bertz CT molecular complexity index is 396. The summed E-state index contributed by atoms with van der Waals surface area (Å²) in [7, 11) is -3.23. The van der Waals surface area contributed by atoms with Crippen LogP contribution in [0.15, 0.2) is 23.1 Å². The molecule has 0 atom stereocenters. The first-order valence-electron chi connectivity index (χ1n) is 3.43. The van der Waals surface area contributed by atoms with Crippen LogP contribution < -0.4 is 0 Å². The predicted molar refractivity (Wildman–Crippen MR) is 52.0 cm³/mol. The summed E-state index contributed by atoms with van der Waals surface area (Å²) in [5, 5.41) is 0. The van der Waals surface area contributed by atoms with E-state index in [1.807, 2.05) is 13.8 Å². The Kier molecular flexibility index (Phi) is 2.58. The third-order valence-corrected chi connectivity index (χ3v) is 3.70. The molecule has 0 N–H and O–H groups in total. The molecule has 0 saturated heterocycles. The molecule has 2 nitrogen and oxygen atoms in total. The van der Waals surface area contributed by atoms with Crippen molar-refractivity contribution in [1.82, 2.24) is 0 Å². The molecule has 12 heavy (non-hydrogen) atoms. The lowest BCUT2D eigenvalue weighted by atomic mass is 10.1. The maximum atomic E-state index is 11.0. The number of halogens is 1. The van der Waals surface area contributed by atoms with E-state index in [-0.39, 0.29) is 0 Å². The molecule has 0 bridgehead atoms. The van der Waals surface area contributed by atoms with Crippen LogP contribution in [-0.2, 0) is 8.27 Å². The fourth-order valence-electron chi connectivity index (χ4n) is 0.866. The lowest BCUT2D eigenvalue weighted by molar-refractivity contribution is 0.611. The molecule has 0 aliphatic rings. The average Bonchev–Trinajstić information content (AvgIpc) is 1.92. The van der Waals surface area contributed by atoms with Gasteiger partial charge in [0.05, 0.1) is 19.7 Å². The number of hydrogen-bond donors (Lipinski definition) is 0. The summed E-state index contributed by atoms with van der Waals surface area (Å²) in [6.45, 7) is 3.83. The minimum atomic E-state index is -3.23. The van der Waals surface area contributed by atoms with E-state index in [0.29, 0.717) is 4.90 Å². The monoisotopic (exact) mass is 248 g/mol. The highest BCUT2D eigenvalue weighted by atomic mass is 79.9. The summed E-state index contributed by atoms with van der Waals surface area (Å²) < 4.78 is 22.0. The third kappa shape index (κ3) is 2.08. The zero-order chi connectivity index (χ0) is 9.35. The van der Waals surface area contributed by atoms with Crippen LogP contribution in [0.4, 0.5) is 0 Å². The smallest absolute Gasteiger partial charge is 0.212 e.